The predicted molar refractivity (Wildman–Crippen MR) is 127 cm³/mol. The van der Waals surface area contributed by atoms with Crippen LogP contribution in [0, 0.1) is 0 Å². The molecule has 1 unspecified atom stereocenters. The highest BCUT2D eigenvalue weighted by Gasteiger charge is 2.40. The molecule has 166 valence electrons. The van der Waals surface area contributed by atoms with Crippen molar-refractivity contribution in [3.05, 3.63) is 86.7 Å². The average molecular weight is 489 g/mol. The molecule has 0 amide bonds. The number of halogens is 2. The Labute approximate surface area is 197 Å². The first-order valence-electron chi connectivity index (χ1n) is 10.4. The molecule has 2 aromatic carbocycles. The van der Waals surface area contributed by atoms with Crippen LogP contribution in [0.15, 0.2) is 58.5 Å². The predicted octanol–water partition coefficient (Wildman–Crippen LogP) is 5.54. The maximum Gasteiger partial charge on any atom is 0.245 e. The number of ether oxygens (including phenoxy) is 1. The van der Waals surface area contributed by atoms with E-state index in [1.807, 2.05) is 30.3 Å². The Bertz CT molecular complexity index is 1310. The van der Waals surface area contributed by atoms with Crippen molar-refractivity contribution in [1.29, 1.82) is 0 Å². The van der Waals surface area contributed by atoms with E-state index in [1.54, 1.807) is 35.7 Å². The van der Waals surface area contributed by atoms with Crippen molar-refractivity contribution in [2.75, 3.05) is 13.7 Å². The van der Waals surface area contributed by atoms with Crippen molar-refractivity contribution in [3.8, 4) is 5.75 Å². The van der Waals surface area contributed by atoms with Crippen molar-refractivity contribution < 1.29 is 13.2 Å². The smallest absolute Gasteiger partial charge is 0.245 e. The Balaban J connectivity index is 1.69. The number of aromatic nitrogens is 1. The minimum absolute atomic E-state index is 0.114. The van der Waals surface area contributed by atoms with Gasteiger partial charge in [0.25, 0.3) is 0 Å². The fraction of sp³-hybridized carbons (Fsp3) is 0.250. The van der Waals surface area contributed by atoms with Gasteiger partial charge in [-0.2, -0.15) is 4.31 Å². The van der Waals surface area contributed by atoms with Crippen LogP contribution in [-0.2, 0) is 22.9 Å². The minimum atomic E-state index is -3.85. The van der Waals surface area contributed by atoms with E-state index in [4.69, 9.17) is 27.9 Å². The summed E-state index contributed by atoms with van der Waals surface area (Å²) >= 11 is 12.6. The first kappa shape index (κ1) is 21.6. The molecule has 5 nitrogen and oxygen atoms in total. The lowest BCUT2D eigenvalue weighted by Gasteiger charge is -2.35. The van der Waals surface area contributed by atoms with Gasteiger partial charge >= 0.3 is 0 Å². The number of benzene rings is 2. The van der Waals surface area contributed by atoms with Crippen LogP contribution in [0.2, 0.25) is 5.02 Å². The van der Waals surface area contributed by atoms with Crippen LogP contribution in [0.3, 0.4) is 0 Å². The zero-order chi connectivity index (χ0) is 22.5. The van der Waals surface area contributed by atoms with Crippen LogP contribution in [0.5, 0.6) is 5.75 Å². The molecule has 0 saturated heterocycles. The number of H-pyrrole nitrogens is 1. The van der Waals surface area contributed by atoms with Crippen LogP contribution >= 0.6 is 23.2 Å². The van der Waals surface area contributed by atoms with Crippen LogP contribution in [0.4, 0.5) is 0 Å². The van der Waals surface area contributed by atoms with E-state index >= 15 is 0 Å². The van der Waals surface area contributed by atoms with E-state index < -0.39 is 16.1 Å². The lowest BCUT2D eigenvalue weighted by atomic mass is 9.92. The topological polar surface area (TPSA) is 62.4 Å². The van der Waals surface area contributed by atoms with Gasteiger partial charge in [0.15, 0.2) is 0 Å². The summed E-state index contributed by atoms with van der Waals surface area (Å²) in [5.74, 6) is 0.714. The summed E-state index contributed by atoms with van der Waals surface area (Å²) < 4.78 is 34.4. The van der Waals surface area contributed by atoms with Gasteiger partial charge in [-0.25, -0.2) is 8.42 Å². The Morgan fingerprint density at radius 2 is 1.78 bits per heavy atom. The quantitative estimate of drug-likeness (QED) is 0.524. The first-order chi connectivity index (χ1) is 15.4. The zero-order valence-corrected chi connectivity index (χ0v) is 19.8. The van der Waals surface area contributed by atoms with Crippen molar-refractivity contribution in [2.24, 2.45) is 0 Å². The molecule has 0 spiro atoms. The van der Waals surface area contributed by atoms with Crippen molar-refractivity contribution >= 4 is 39.3 Å². The molecule has 1 aromatic heterocycles. The second-order valence-electron chi connectivity index (χ2n) is 7.97. The summed E-state index contributed by atoms with van der Waals surface area (Å²) in [4.78, 5) is 3.66. The molecule has 2 heterocycles. The average Bonchev–Trinajstić information content (AvgIpc) is 3.16. The number of fused-ring (bicyclic) bond motifs is 3. The van der Waals surface area contributed by atoms with Crippen LogP contribution in [0.25, 0.3) is 6.08 Å². The molecule has 8 heteroatoms. The standard InChI is InChI=1S/C24H22Cl2N2O3S/c1-31-17-9-6-15(7-10-17)24-23-18(19-14-16(25)8-11-21(19)27-23)12-13-28(24)32(29,30)22-5-3-2-4-20(22)26/h2-7,9-10,14,24,27H,8,11-13H2,1H3. The number of allylic oxidation sites excluding steroid dienone is 1. The second-order valence-corrected chi connectivity index (χ2v) is 10.7. The van der Waals surface area contributed by atoms with Gasteiger partial charge < -0.3 is 9.72 Å². The number of rotatable bonds is 4. The third kappa shape index (κ3) is 3.55. The highest BCUT2D eigenvalue weighted by Crippen LogP contribution is 2.43. The normalized spacial score (nSPS) is 18.6. The van der Waals surface area contributed by atoms with E-state index in [9.17, 15) is 8.42 Å². The van der Waals surface area contributed by atoms with Crippen molar-refractivity contribution in [2.45, 2.75) is 30.2 Å². The highest BCUT2D eigenvalue weighted by atomic mass is 35.5. The van der Waals surface area contributed by atoms with Crippen molar-refractivity contribution in [3.63, 3.8) is 0 Å². The van der Waals surface area contributed by atoms with Gasteiger partial charge in [0.2, 0.25) is 10.0 Å². The van der Waals surface area contributed by atoms with E-state index in [-0.39, 0.29) is 9.92 Å². The molecule has 0 radical (unpaired) electrons. The molecule has 1 atom stereocenters. The SMILES string of the molecule is COc1ccc(C2c3[nH]c4c(c3CCN2S(=O)(=O)c2ccccc2Cl)C=C(Cl)CC4)cc1. The van der Waals surface area contributed by atoms with Gasteiger partial charge in [0, 0.05) is 23.0 Å². The molecule has 2 aliphatic rings. The molecule has 0 saturated carbocycles. The Morgan fingerprint density at radius 3 is 2.50 bits per heavy atom. The van der Waals surface area contributed by atoms with Crippen molar-refractivity contribution in [1.82, 2.24) is 9.29 Å². The molecule has 1 aliphatic carbocycles. The number of hydrogen-bond donors (Lipinski definition) is 1. The number of methoxy groups -OCH3 is 1. The van der Waals surface area contributed by atoms with Gasteiger partial charge in [-0.1, -0.05) is 47.5 Å². The summed E-state index contributed by atoms with van der Waals surface area (Å²) in [5, 5.41) is 1.04. The maximum absolute atomic E-state index is 13.8. The molecule has 32 heavy (non-hydrogen) atoms. The molecule has 0 fully saturated rings. The van der Waals surface area contributed by atoms with Crippen LogP contribution in [-0.4, -0.2) is 31.4 Å². The Hall–Kier alpha value is -2.25. The van der Waals surface area contributed by atoms with E-state index in [1.165, 1.54) is 0 Å². The summed E-state index contributed by atoms with van der Waals surface area (Å²) in [6.07, 6.45) is 4.20. The molecule has 5 rings (SSSR count). The van der Waals surface area contributed by atoms with Gasteiger partial charge in [0.05, 0.1) is 18.2 Å². The largest absolute Gasteiger partial charge is 0.497 e. The Morgan fingerprint density at radius 1 is 1.03 bits per heavy atom. The third-order valence-electron chi connectivity index (χ3n) is 6.17. The number of hydrogen-bond acceptors (Lipinski definition) is 3. The van der Waals surface area contributed by atoms with Gasteiger partial charge in [-0.05, 0) is 66.3 Å². The van der Waals surface area contributed by atoms with E-state index in [0.29, 0.717) is 18.7 Å². The molecular formula is C24H22Cl2N2O3S. The van der Waals surface area contributed by atoms with E-state index in [0.717, 1.165) is 46.0 Å². The lowest BCUT2D eigenvalue weighted by molar-refractivity contribution is 0.339. The number of sulfonamides is 1. The third-order valence-corrected chi connectivity index (χ3v) is 8.84. The summed E-state index contributed by atoms with van der Waals surface area (Å²) in [7, 11) is -2.24. The summed E-state index contributed by atoms with van der Waals surface area (Å²) in [6.45, 7) is 0.340. The van der Waals surface area contributed by atoms with Crippen LogP contribution < -0.4 is 4.74 Å². The second kappa shape index (κ2) is 8.27. The van der Waals surface area contributed by atoms with E-state index in [2.05, 4.69) is 4.98 Å². The Kier molecular flexibility index (Phi) is 5.58. The monoisotopic (exact) mass is 488 g/mol. The number of aromatic amines is 1. The number of aryl methyl sites for hydroxylation is 1. The molecule has 0 bridgehead atoms. The van der Waals surface area contributed by atoms with Gasteiger partial charge in [-0.15, -0.1) is 0 Å². The molecule has 1 N–H and O–H groups in total. The maximum atomic E-state index is 13.8. The van der Waals surface area contributed by atoms with Gasteiger partial charge in [0.1, 0.15) is 10.6 Å². The first-order valence-corrected chi connectivity index (χ1v) is 12.6. The lowest BCUT2D eigenvalue weighted by Crippen LogP contribution is -2.40. The molecule has 3 aromatic rings. The molecule has 1 aliphatic heterocycles. The summed E-state index contributed by atoms with van der Waals surface area (Å²) in [5.41, 5.74) is 5.09. The minimum Gasteiger partial charge on any atom is -0.497 e. The number of nitrogens with zero attached hydrogens (tertiary/aromatic N) is 1. The fourth-order valence-electron chi connectivity index (χ4n) is 4.63. The zero-order valence-electron chi connectivity index (χ0n) is 17.4. The fourth-order valence-corrected chi connectivity index (χ4v) is 6.92. The van der Waals surface area contributed by atoms with Gasteiger partial charge in [-0.3, -0.25) is 0 Å². The highest BCUT2D eigenvalue weighted by molar-refractivity contribution is 7.89. The summed E-state index contributed by atoms with van der Waals surface area (Å²) in [6, 6.07) is 13.6. The van der Waals surface area contributed by atoms with Crippen LogP contribution in [0.1, 0.15) is 40.5 Å². The molecular weight excluding hydrogens is 467 g/mol. The number of nitrogens with one attached hydrogen (secondary N) is 1.